The first-order chi connectivity index (χ1) is 25.5. The summed E-state index contributed by atoms with van der Waals surface area (Å²) in [7, 11) is 0. The summed E-state index contributed by atoms with van der Waals surface area (Å²) in [4.78, 5) is 12.0. The molecular weight excluding hydrogens is 651 g/mol. The van der Waals surface area contributed by atoms with Crippen LogP contribution in [0.15, 0.2) is 63.6 Å². The fraction of sp³-hybridized carbons (Fsp3) is 0.610. The molecule has 52 heavy (non-hydrogen) atoms. The van der Waals surface area contributed by atoms with Crippen molar-refractivity contribution >= 4 is 11.7 Å². The summed E-state index contributed by atoms with van der Waals surface area (Å²) in [5.74, 6) is 4.20. The monoisotopic (exact) mass is 703 g/mol. The highest BCUT2D eigenvalue weighted by atomic mass is 16.5. The predicted molar refractivity (Wildman–Crippen MR) is 200 cm³/mol. The average Bonchev–Trinajstić information content (AvgIpc) is 4.08. The number of anilines is 2. The molecule has 6 aliphatic rings. The van der Waals surface area contributed by atoms with Gasteiger partial charge in [0.15, 0.2) is 11.6 Å². The SMILES string of the molecule is CC1(Nc2ccc([C@@H]3C[C@H]3NCC3(c4noc(N5CCNCC5)n4)CC3)cc2)CCC(c2nc(C3(CN[C@@H]4C[C@H]4c4ccccc4)CC3)no2)CC1. The Balaban J connectivity index is 0.677. The minimum absolute atomic E-state index is 0.0384. The van der Waals surface area contributed by atoms with Gasteiger partial charge in [-0.3, -0.25) is 0 Å². The molecule has 0 radical (unpaired) electrons. The third-order valence-electron chi connectivity index (χ3n) is 13.3. The quantitative estimate of drug-likeness (QED) is 0.128. The normalized spacial score (nSPS) is 31.2. The fourth-order valence-electron chi connectivity index (χ4n) is 9.01. The minimum Gasteiger partial charge on any atom is -0.380 e. The van der Waals surface area contributed by atoms with E-state index in [0.29, 0.717) is 35.9 Å². The van der Waals surface area contributed by atoms with Crippen LogP contribution in [0, 0.1) is 0 Å². The molecule has 11 nitrogen and oxygen atoms in total. The number of hydrogen-bond acceptors (Lipinski definition) is 11. The van der Waals surface area contributed by atoms with Gasteiger partial charge in [-0.2, -0.15) is 9.97 Å². The number of nitrogens with zero attached hydrogens (tertiary/aromatic N) is 5. The molecule has 3 heterocycles. The van der Waals surface area contributed by atoms with E-state index in [1.165, 1.54) is 29.7 Å². The Morgan fingerprint density at radius 1 is 0.731 bits per heavy atom. The van der Waals surface area contributed by atoms with Gasteiger partial charge in [0.2, 0.25) is 5.89 Å². The van der Waals surface area contributed by atoms with Crippen molar-refractivity contribution in [2.45, 2.75) is 117 Å². The molecule has 274 valence electrons. The Morgan fingerprint density at radius 2 is 1.33 bits per heavy atom. The number of piperazine rings is 1. The minimum atomic E-state index is 0.0384. The van der Waals surface area contributed by atoms with Crippen LogP contribution in [0.1, 0.15) is 118 Å². The molecule has 0 bridgehead atoms. The molecule has 5 saturated carbocycles. The van der Waals surface area contributed by atoms with Gasteiger partial charge in [0, 0.05) is 91.2 Å². The maximum Gasteiger partial charge on any atom is 0.324 e. The fourth-order valence-corrected chi connectivity index (χ4v) is 9.01. The van der Waals surface area contributed by atoms with E-state index in [9.17, 15) is 0 Å². The molecule has 0 unspecified atom stereocenters. The first-order valence-corrected chi connectivity index (χ1v) is 20.0. The topological polar surface area (TPSA) is 129 Å². The summed E-state index contributed by atoms with van der Waals surface area (Å²) in [6, 6.07) is 21.9. The maximum absolute atomic E-state index is 5.94. The van der Waals surface area contributed by atoms with E-state index >= 15 is 0 Å². The average molecular weight is 704 g/mol. The van der Waals surface area contributed by atoms with Gasteiger partial charge in [0.1, 0.15) is 0 Å². The number of nitrogens with one attached hydrogen (secondary N) is 4. The summed E-state index contributed by atoms with van der Waals surface area (Å²) in [5, 5.41) is 23.9. The molecule has 5 aliphatic carbocycles. The molecule has 11 heteroatoms. The van der Waals surface area contributed by atoms with Crippen molar-refractivity contribution in [1.82, 2.24) is 36.2 Å². The third-order valence-corrected chi connectivity index (χ3v) is 13.3. The second kappa shape index (κ2) is 13.0. The molecule has 2 aromatic heterocycles. The van der Waals surface area contributed by atoms with Crippen molar-refractivity contribution in [2.75, 3.05) is 49.5 Å². The van der Waals surface area contributed by atoms with Crippen LogP contribution in [-0.4, -0.2) is 77.2 Å². The van der Waals surface area contributed by atoms with Crippen LogP contribution in [0.3, 0.4) is 0 Å². The zero-order chi connectivity index (χ0) is 34.8. The van der Waals surface area contributed by atoms with Crippen LogP contribution in [0.2, 0.25) is 0 Å². The Labute approximate surface area is 306 Å². The highest BCUT2D eigenvalue weighted by Crippen LogP contribution is 2.50. The van der Waals surface area contributed by atoms with E-state index in [-0.39, 0.29) is 16.4 Å². The predicted octanol–water partition coefficient (Wildman–Crippen LogP) is 5.75. The van der Waals surface area contributed by atoms with Crippen molar-refractivity contribution in [2.24, 2.45) is 0 Å². The first-order valence-electron chi connectivity index (χ1n) is 20.0. The van der Waals surface area contributed by atoms with Crippen molar-refractivity contribution in [3.8, 4) is 0 Å². The van der Waals surface area contributed by atoms with Crippen molar-refractivity contribution in [3.05, 3.63) is 83.3 Å². The van der Waals surface area contributed by atoms with Gasteiger partial charge in [-0.25, -0.2) is 0 Å². The van der Waals surface area contributed by atoms with E-state index in [2.05, 4.69) is 98.0 Å². The van der Waals surface area contributed by atoms with Crippen LogP contribution in [0.4, 0.5) is 11.7 Å². The van der Waals surface area contributed by atoms with E-state index in [1.807, 2.05) is 0 Å². The molecule has 4 aromatic rings. The van der Waals surface area contributed by atoms with E-state index < -0.39 is 0 Å². The Hall–Kier alpha value is -3.80. The number of aromatic nitrogens is 4. The summed E-state index contributed by atoms with van der Waals surface area (Å²) in [6.07, 6.45) is 11.2. The lowest BCUT2D eigenvalue weighted by Crippen LogP contribution is -2.43. The van der Waals surface area contributed by atoms with Gasteiger partial charge >= 0.3 is 6.01 Å². The molecule has 1 aliphatic heterocycles. The smallest absolute Gasteiger partial charge is 0.324 e. The molecule has 10 rings (SSSR count). The van der Waals surface area contributed by atoms with Crippen molar-refractivity contribution < 1.29 is 9.05 Å². The standard InChI is InChI=1S/C41H53N9O2/c1-39(13-11-29(12-14-39)35-45-36(48-51-35)40(15-16-40)25-43-33-23-31(33)27-5-3-2-4-6-27)47-30-9-7-28(8-10-30)32-24-34(32)44-26-41(17-18-41)37-46-38(52-49-37)50-21-19-42-20-22-50/h2-10,29,31-34,42-44,47H,11-26H2,1H3/t29?,31-,32-,33+,34+,39?/m0/s1. The Morgan fingerprint density at radius 3 is 1.96 bits per heavy atom. The van der Waals surface area contributed by atoms with E-state index in [1.54, 1.807) is 0 Å². The zero-order valence-corrected chi connectivity index (χ0v) is 30.4. The lowest BCUT2D eigenvalue weighted by atomic mass is 9.77. The number of benzene rings is 2. The number of rotatable bonds is 14. The van der Waals surface area contributed by atoms with Crippen molar-refractivity contribution in [1.29, 1.82) is 0 Å². The Kier molecular flexibility index (Phi) is 8.17. The van der Waals surface area contributed by atoms with Gasteiger partial charge in [-0.05, 0) is 94.4 Å². The summed E-state index contributed by atoms with van der Waals surface area (Å²) in [5.41, 5.74) is 4.23. The highest BCUT2D eigenvalue weighted by Gasteiger charge is 2.52. The van der Waals surface area contributed by atoms with Crippen LogP contribution >= 0.6 is 0 Å². The van der Waals surface area contributed by atoms with Gasteiger partial charge in [-0.15, -0.1) is 0 Å². The van der Waals surface area contributed by atoms with Gasteiger partial charge in [0.05, 0.1) is 0 Å². The summed E-state index contributed by atoms with van der Waals surface area (Å²) >= 11 is 0. The second-order valence-electron chi connectivity index (χ2n) is 17.3. The second-order valence-corrected chi connectivity index (χ2v) is 17.3. The molecule has 1 saturated heterocycles. The molecule has 6 fully saturated rings. The summed E-state index contributed by atoms with van der Waals surface area (Å²) in [6.45, 7) is 8.00. The van der Waals surface area contributed by atoms with E-state index in [4.69, 9.17) is 19.0 Å². The number of hydrogen-bond donors (Lipinski definition) is 4. The molecule has 4 N–H and O–H groups in total. The lowest BCUT2D eigenvalue weighted by molar-refractivity contribution is 0.266. The summed E-state index contributed by atoms with van der Waals surface area (Å²) < 4.78 is 11.6. The van der Waals surface area contributed by atoms with Gasteiger partial charge < -0.3 is 35.2 Å². The molecule has 0 spiro atoms. The molecule has 2 aromatic carbocycles. The van der Waals surface area contributed by atoms with Crippen LogP contribution in [-0.2, 0) is 10.8 Å². The van der Waals surface area contributed by atoms with Crippen LogP contribution < -0.4 is 26.2 Å². The maximum atomic E-state index is 5.94. The van der Waals surface area contributed by atoms with Gasteiger partial charge in [0.25, 0.3) is 0 Å². The molecular formula is C41H53N9O2. The van der Waals surface area contributed by atoms with Crippen molar-refractivity contribution in [3.63, 3.8) is 0 Å². The third kappa shape index (κ3) is 6.64. The lowest BCUT2D eigenvalue weighted by Gasteiger charge is -2.38. The van der Waals surface area contributed by atoms with Crippen LogP contribution in [0.5, 0.6) is 0 Å². The Bertz CT molecular complexity index is 1830. The van der Waals surface area contributed by atoms with Crippen LogP contribution in [0.25, 0.3) is 0 Å². The van der Waals surface area contributed by atoms with E-state index in [0.717, 1.165) is 108 Å². The first kappa shape index (κ1) is 32.8. The zero-order valence-electron chi connectivity index (χ0n) is 30.4. The molecule has 4 atom stereocenters. The van der Waals surface area contributed by atoms with Gasteiger partial charge in [-0.1, -0.05) is 52.8 Å². The highest BCUT2D eigenvalue weighted by molar-refractivity contribution is 5.48. The molecule has 0 amide bonds. The largest absolute Gasteiger partial charge is 0.380 e.